The molecule has 1 N–H and O–H groups in total. The number of rotatable bonds is 5. The van der Waals surface area contributed by atoms with E-state index in [-0.39, 0.29) is 11.6 Å². The van der Waals surface area contributed by atoms with Crippen LogP contribution in [0.25, 0.3) is 22.2 Å². The SMILES string of the molecule is CC(C)(C)OC(=O)n1c(-c2ccc(N3CCC(CO)CC3)nc2)cc2cc(O[Si](C)(C)C(C)(C)C)ccc21. The highest BCUT2D eigenvalue weighted by Crippen LogP contribution is 2.39. The van der Waals surface area contributed by atoms with Crippen molar-refractivity contribution in [1.29, 1.82) is 0 Å². The van der Waals surface area contributed by atoms with Crippen molar-refractivity contribution in [3.8, 4) is 17.0 Å². The molecule has 38 heavy (non-hydrogen) atoms. The normalized spacial score (nSPS) is 15.7. The third-order valence-electron chi connectivity index (χ3n) is 7.77. The Morgan fingerprint density at radius 1 is 1.05 bits per heavy atom. The molecule has 4 rings (SSSR count). The number of ether oxygens (including phenoxy) is 1. The first-order chi connectivity index (χ1) is 17.7. The third kappa shape index (κ3) is 6.07. The number of benzene rings is 1. The van der Waals surface area contributed by atoms with Gasteiger partial charge in [-0.05, 0) is 94.1 Å². The fourth-order valence-electron chi connectivity index (χ4n) is 4.49. The van der Waals surface area contributed by atoms with Crippen LogP contribution in [0.15, 0.2) is 42.6 Å². The molecule has 3 heterocycles. The number of aliphatic hydroxyl groups excluding tert-OH is 1. The van der Waals surface area contributed by atoms with E-state index in [0.717, 1.165) is 59.7 Å². The van der Waals surface area contributed by atoms with Crippen LogP contribution in [0, 0.1) is 5.92 Å². The van der Waals surface area contributed by atoms with Crippen molar-refractivity contribution in [2.75, 3.05) is 24.6 Å². The summed E-state index contributed by atoms with van der Waals surface area (Å²) in [6, 6.07) is 12.0. The lowest BCUT2D eigenvalue weighted by molar-refractivity contribution is 0.0547. The number of pyridine rings is 1. The molecule has 7 nitrogen and oxygen atoms in total. The van der Waals surface area contributed by atoms with Crippen molar-refractivity contribution in [3.63, 3.8) is 0 Å². The minimum atomic E-state index is -2.01. The van der Waals surface area contributed by atoms with Gasteiger partial charge in [0, 0.05) is 36.8 Å². The van der Waals surface area contributed by atoms with Crippen LogP contribution in [-0.4, -0.2) is 54.4 Å². The van der Waals surface area contributed by atoms with E-state index in [9.17, 15) is 9.90 Å². The molecule has 1 aliphatic heterocycles. The minimum absolute atomic E-state index is 0.0797. The second-order valence-corrected chi connectivity index (χ2v) is 17.7. The average Bonchev–Trinajstić information content (AvgIpc) is 3.21. The number of nitrogens with zero attached hydrogens (tertiary/aromatic N) is 3. The largest absolute Gasteiger partial charge is 0.543 e. The second-order valence-electron chi connectivity index (χ2n) is 12.9. The number of hydrogen-bond acceptors (Lipinski definition) is 6. The van der Waals surface area contributed by atoms with E-state index in [1.165, 1.54) is 0 Å². The van der Waals surface area contributed by atoms with Crippen molar-refractivity contribution >= 4 is 31.1 Å². The number of carbonyl (C=O) groups is 1. The van der Waals surface area contributed by atoms with Crippen LogP contribution >= 0.6 is 0 Å². The van der Waals surface area contributed by atoms with Crippen LogP contribution in [0.2, 0.25) is 18.1 Å². The van der Waals surface area contributed by atoms with Crippen molar-refractivity contribution in [2.45, 2.75) is 78.1 Å². The number of piperidine rings is 1. The topological polar surface area (TPSA) is 76.8 Å². The van der Waals surface area contributed by atoms with Crippen LogP contribution in [-0.2, 0) is 4.74 Å². The Balaban J connectivity index is 1.71. The Bertz CT molecular complexity index is 1280. The maximum atomic E-state index is 13.4. The molecule has 3 aromatic rings. The number of fused-ring (bicyclic) bond motifs is 1. The zero-order valence-corrected chi connectivity index (χ0v) is 25.2. The van der Waals surface area contributed by atoms with E-state index < -0.39 is 20.0 Å². The lowest BCUT2D eigenvalue weighted by atomic mass is 9.98. The Hall–Kier alpha value is -2.84. The van der Waals surface area contributed by atoms with E-state index in [0.29, 0.717) is 5.92 Å². The molecule has 0 aliphatic carbocycles. The Kier molecular flexibility index (Phi) is 7.69. The molecule has 1 aliphatic rings. The number of carbonyl (C=O) groups excluding carboxylic acids is 1. The zero-order chi connectivity index (χ0) is 27.9. The van der Waals surface area contributed by atoms with Crippen LogP contribution < -0.4 is 9.33 Å². The predicted molar refractivity (Wildman–Crippen MR) is 157 cm³/mol. The van der Waals surface area contributed by atoms with Crippen LogP contribution in [0.3, 0.4) is 0 Å². The van der Waals surface area contributed by atoms with Crippen molar-refractivity contribution < 1.29 is 19.1 Å². The van der Waals surface area contributed by atoms with Gasteiger partial charge in [0.2, 0.25) is 8.32 Å². The number of aliphatic hydroxyl groups is 1. The van der Waals surface area contributed by atoms with Gasteiger partial charge in [-0.15, -0.1) is 0 Å². The smallest absolute Gasteiger partial charge is 0.419 e. The van der Waals surface area contributed by atoms with Gasteiger partial charge < -0.3 is 19.2 Å². The molecule has 0 spiro atoms. The van der Waals surface area contributed by atoms with E-state index in [2.05, 4.69) is 38.8 Å². The molecule has 0 amide bonds. The van der Waals surface area contributed by atoms with Gasteiger partial charge in [0.25, 0.3) is 0 Å². The summed E-state index contributed by atoms with van der Waals surface area (Å²) in [4.78, 5) is 20.4. The molecule has 0 bridgehead atoms. The molecule has 2 aromatic heterocycles. The fourth-order valence-corrected chi connectivity index (χ4v) is 5.51. The molecule has 0 saturated carbocycles. The number of aromatic nitrogens is 2. The molecule has 0 radical (unpaired) electrons. The van der Waals surface area contributed by atoms with Gasteiger partial charge in [-0.3, -0.25) is 0 Å². The molecule has 0 unspecified atom stereocenters. The maximum Gasteiger partial charge on any atom is 0.419 e. The van der Waals surface area contributed by atoms with Gasteiger partial charge in [0.05, 0.1) is 11.2 Å². The molecule has 1 aromatic carbocycles. The van der Waals surface area contributed by atoms with Gasteiger partial charge >= 0.3 is 6.09 Å². The highest BCUT2D eigenvalue weighted by Gasteiger charge is 2.39. The lowest BCUT2D eigenvalue weighted by Crippen LogP contribution is -2.43. The first-order valence-electron chi connectivity index (χ1n) is 13.6. The van der Waals surface area contributed by atoms with E-state index in [1.54, 1.807) is 4.57 Å². The molecule has 206 valence electrons. The van der Waals surface area contributed by atoms with Gasteiger partial charge in [-0.25, -0.2) is 14.3 Å². The average molecular weight is 538 g/mol. The summed E-state index contributed by atoms with van der Waals surface area (Å²) in [5, 5.41) is 10.4. The van der Waals surface area contributed by atoms with E-state index in [1.807, 2.05) is 63.4 Å². The number of anilines is 1. The predicted octanol–water partition coefficient (Wildman–Crippen LogP) is 7.08. The van der Waals surface area contributed by atoms with Crippen molar-refractivity contribution in [2.24, 2.45) is 5.92 Å². The fraction of sp³-hybridized carbons (Fsp3) is 0.533. The van der Waals surface area contributed by atoms with Gasteiger partial charge in [0.15, 0.2) is 0 Å². The first-order valence-corrected chi connectivity index (χ1v) is 16.5. The summed E-state index contributed by atoms with van der Waals surface area (Å²) >= 11 is 0. The van der Waals surface area contributed by atoms with Crippen LogP contribution in [0.5, 0.6) is 5.75 Å². The number of hydrogen-bond donors (Lipinski definition) is 1. The Morgan fingerprint density at radius 2 is 1.74 bits per heavy atom. The lowest BCUT2D eigenvalue weighted by Gasteiger charge is -2.36. The van der Waals surface area contributed by atoms with Gasteiger partial charge in [-0.1, -0.05) is 20.8 Å². The molecular formula is C30H43N3O4Si. The van der Waals surface area contributed by atoms with Crippen molar-refractivity contribution in [3.05, 3.63) is 42.6 Å². The summed E-state index contributed by atoms with van der Waals surface area (Å²) in [5.41, 5.74) is 1.72. The third-order valence-corrected chi connectivity index (χ3v) is 12.1. The summed E-state index contributed by atoms with van der Waals surface area (Å²) in [6.07, 6.45) is 3.34. The Morgan fingerprint density at radius 3 is 2.29 bits per heavy atom. The molecular weight excluding hydrogens is 494 g/mol. The summed E-state index contributed by atoms with van der Waals surface area (Å²) in [5.74, 6) is 2.10. The van der Waals surface area contributed by atoms with Crippen molar-refractivity contribution in [1.82, 2.24) is 9.55 Å². The van der Waals surface area contributed by atoms with Crippen LogP contribution in [0.1, 0.15) is 54.4 Å². The van der Waals surface area contributed by atoms with E-state index in [4.69, 9.17) is 14.1 Å². The quantitative estimate of drug-likeness (QED) is 0.351. The molecule has 1 fully saturated rings. The summed E-state index contributed by atoms with van der Waals surface area (Å²) in [6.45, 7) is 18.8. The Labute approximate surface area is 227 Å². The standard InChI is InChI=1S/C30H43N3O4Si/c1-29(2,3)36-28(35)33-25-11-10-24(37-38(7,8)30(4,5)6)17-23(25)18-26(33)22-9-12-27(31-19-22)32-15-13-21(20-34)14-16-32/h9-12,17-19,21,34H,13-16,20H2,1-8H3. The van der Waals surface area contributed by atoms with Crippen LogP contribution in [0.4, 0.5) is 10.6 Å². The summed E-state index contributed by atoms with van der Waals surface area (Å²) in [7, 11) is -2.01. The first kappa shape index (κ1) is 28.2. The highest BCUT2D eigenvalue weighted by molar-refractivity contribution is 6.74. The molecule has 1 saturated heterocycles. The maximum absolute atomic E-state index is 13.4. The minimum Gasteiger partial charge on any atom is -0.543 e. The molecule has 8 heteroatoms. The van der Waals surface area contributed by atoms with Gasteiger partial charge in [-0.2, -0.15) is 0 Å². The monoisotopic (exact) mass is 537 g/mol. The highest BCUT2D eigenvalue weighted by atomic mass is 28.4. The summed E-state index contributed by atoms with van der Waals surface area (Å²) < 4.78 is 14.0. The zero-order valence-electron chi connectivity index (χ0n) is 24.2. The van der Waals surface area contributed by atoms with E-state index >= 15 is 0 Å². The second kappa shape index (κ2) is 10.4. The van der Waals surface area contributed by atoms with Gasteiger partial charge in [0.1, 0.15) is 17.2 Å². The molecule has 0 atom stereocenters.